The summed E-state index contributed by atoms with van der Waals surface area (Å²) in [6.45, 7) is 1.85. The molecule has 0 spiro atoms. The number of nitrogens with zero attached hydrogens (tertiary/aromatic N) is 1. The largest absolute Gasteiger partial charge is 0.371 e. The Hall–Kier alpha value is -1.78. The average Bonchev–Trinajstić information content (AvgIpc) is 2.19. The van der Waals surface area contributed by atoms with Gasteiger partial charge in [0.15, 0.2) is 0 Å². The van der Waals surface area contributed by atoms with Gasteiger partial charge < -0.3 is 16.0 Å². The summed E-state index contributed by atoms with van der Waals surface area (Å²) in [5.74, 6) is -0.444. The Bertz CT molecular complexity index is 284. The van der Waals surface area contributed by atoms with Crippen molar-refractivity contribution in [1.29, 1.82) is 0 Å². The van der Waals surface area contributed by atoms with Crippen molar-refractivity contribution in [2.75, 3.05) is 19.6 Å². The molecule has 75 valence electrons. The van der Waals surface area contributed by atoms with E-state index in [-0.39, 0.29) is 0 Å². The van der Waals surface area contributed by atoms with E-state index in [2.05, 4.69) is 5.32 Å². The second kappa shape index (κ2) is 5.06. The third kappa shape index (κ3) is 2.93. The fourth-order valence-electron chi connectivity index (χ4n) is 1.16. The van der Waals surface area contributed by atoms with Gasteiger partial charge in [-0.3, -0.25) is 9.59 Å². The van der Waals surface area contributed by atoms with Crippen LogP contribution in [0, 0.1) is 0 Å². The minimum atomic E-state index is -0.444. The summed E-state index contributed by atoms with van der Waals surface area (Å²) < 4.78 is 0. The van der Waals surface area contributed by atoms with Crippen LogP contribution in [0.2, 0.25) is 0 Å². The predicted molar refractivity (Wildman–Crippen MR) is 51.7 cm³/mol. The number of carbonyl (C=O) groups excluding carboxylic acids is 2. The topological polar surface area (TPSA) is 75.4 Å². The van der Waals surface area contributed by atoms with Crippen LogP contribution in [0.15, 0.2) is 23.9 Å². The maximum Gasteiger partial charge on any atom is 0.309 e. The van der Waals surface area contributed by atoms with Gasteiger partial charge in [0.05, 0.1) is 5.57 Å². The van der Waals surface area contributed by atoms with E-state index in [1.807, 2.05) is 11.0 Å². The highest BCUT2D eigenvalue weighted by atomic mass is 16.1. The lowest BCUT2D eigenvalue weighted by atomic mass is 10.2. The summed E-state index contributed by atoms with van der Waals surface area (Å²) >= 11 is 0. The van der Waals surface area contributed by atoms with Gasteiger partial charge in [0.25, 0.3) is 0 Å². The summed E-state index contributed by atoms with van der Waals surface area (Å²) in [7, 11) is 0. The van der Waals surface area contributed by atoms with Crippen molar-refractivity contribution in [3.05, 3.63) is 23.9 Å². The smallest absolute Gasteiger partial charge is 0.309 e. The first-order valence-electron chi connectivity index (χ1n) is 4.26. The maximum atomic E-state index is 10.8. The molecule has 0 saturated heterocycles. The lowest BCUT2D eigenvalue weighted by Gasteiger charge is -2.21. The molecule has 0 aromatic heterocycles. The monoisotopic (exact) mass is 194 g/mol. The highest BCUT2D eigenvalue weighted by Crippen LogP contribution is 2.05. The van der Waals surface area contributed by atoms with E-state index >= 15 is 0 Å². The molecule has 1 heterocycles. The van der Waals surface area contributed by atoms with Gasteiger partial charge in [-0.25, -0.2) is 0 Å². The van der Waals surface area contributed by atoms with Crippen LogP contribution in [0.4, 0.5) is 0 Å². The first kappa shape index (κ1) is 10.3. The Morgan fingerprint density at radius 1 is 1.71 bits per heavy atom. The molecule has 0 bridgehead atoms. The Kier molecular flexibility index (Phi) is 3.72. The summed E-state index contributed by atoms with van der Waals surface area (Å²) in [5, 5.41) is 2.42. The zero-order valence-electron chi connectivity index (χ0n) is 7.69. The van der Waals surface area contributed by atoms with Gasteiger partial charge >= 0.3 is 6.41 Å². The minimum Gasteiger partial charge on any atom is -0.371 e. The summed E-state index contributed by atoms with van der Waals surface area (Å²) in [6.07, 6.45) is 6.82. The van der Waals surface area contributed by atoms with Crippen molar-refractivity contribution >= 4 is 12.3 Å². The molecule has 0 unspecified atom stereocenters. The van der Waals surface area contributed by atoms with Gasteiger partial charge in [0, 0.05) is 25.8 Å². The number of nitrogens with two attached hydrogens (primary N) is 1. The van der Waals surface area contributed by atoms with Crippen molar-refractivity contribution in [1.82, 2.24) is 10.2 Å². The standard InChI is InChI=1S/C9H12N3O2/c10-9(14)8-2-1-4-12(6-8)5-3-11-7-13/h1-2,6H,3-5H2,(H2,10,14)(H,11,13). The van der Waals surface area contributed by atoms with Crippen LogP contribution in [0.3, 0.4) is 0 Å². The SMILES string of the molecule is NC(=O)C1=CN(CCN[C]=O)CC=C1. The number of amides is 2. The van der Waals surface area contributed by atoms with E-state index in [4.69, 9.17) is 5.73 Å². The number of hydrogen-bond acceptors (Lipinski definition) is 3. The molecule has 1 aliphatic rings. The molecule has 5 heteroatoms. The van der Waals surface area contributed by atoms with Crippen LogP contribution in [0.1, 0.15) is 0 Å². The first-order valence-corrected chi connectivity index (χ1v) is 4.26. The highest BCUT2D eigenvalue weighted by Gasteiger charge is 2.08. The van der Waals surface area contributed by atoms with Crippen molar-refractivity contribution in [2.24, 2.45) is 5.73 Å². The van der Waals surface area contributed by atoms with Crippen LogP contribution in [0.5, 0.6) is 0 Å². The van der Waals surface area contributed by atoms with E-state index in [0.717, 1.165) is 6.54 Å². The molecule has 2 amide bonds. The molecule has 0 aliphatic carbocycles. The predicted octanol–water partition coefficient (Wildman–Crippen LogP) is -1.12. The first-order chi connectivity index (χ1) is 6.74. The van der Waals surface area contributed by atoms with Crippen LogP contribution >= 0.6 is 0 Å². The normalized spacial score (nSPS) is 14.9. The van der Waals surface area contributed by atoms with Gasteiger partial charge in [0.1, 0.15) is 0 Å². The number of hydrogen-bond donors (Lipinski definition) is 2. The molecule has 1 rings (SSSR count). The van der Waals surface area contributed by atoms with Crippen molar-refractivity contribution < 1.29 is 9.59 Å². The summed E-state index contributed by atoms with van der Waals surface area (Å²) in [5.41, 5.74) is 5.60. The Morgan fingerprint density at radius 3 is 3.14 bits per heavy atom. The highest BCUT2D eigenvalue weighted by molar-refractivity contribution is 5.94. The minimum absolute atomic E-state index is 0.444. The lowest BCUT2D eigenvalue weighted by Crippen LogP contribution is -2.30. The van der Waals surface area contributed by atoms with Crippen LogP contribution in [-0.2, 0) is 9.59 Å². The molecular weight excluding hydrogens is 182 g/mol. The van der Waals surface area contributed by atoms with Crippen LogP contribution < -0.4 is 11.1 Å². The molecular formula is C9H12N3O2. The van der Waals surface area contributed by atoms with Gasteiger partial charge in [-0.2, -0.15) is 0 Å². The zero-order chi connectivity index (χ0) is 10.4. The third-order valence-electron chi connectivity index (χ3n) is 1.84. The second-order valence-corrected chi connectivity index (χ2v) is 2.87. The number of nitrogens with one attached hydrogen (secondary N) is 1. The zero-order valence-corrected chi connectivity index (χ0v) is 7.69. The Balaban J connectivity index is 2.44. The fourth-order valence-corrected chi connectivity index (χ4v) is 1.16. The quantitative estimate of drug-likeness (QED) is 0.430. The molecule has 5 nitrogen and oxygen atoms in total. The van der Waals surface area contributed by atoms with E-state index < -0.39 is 5.91 Å². The van der Waals surface area contributed by atoms with Gasteiger partial charge in [-0.15, -0.1) is 0 Å². The Labute approximate surface area is 82.2 Å². The fraction of sp³-hybridized carbons (Fsp3) is 0.333. The van der Waals surface area contributed by atoms with E-state index in [0.29, 0.717) is 18.7 Å². The van der Waals surface area contributed by atoms with Crippen molar-refractivity contribution in [2.45, 2.75) is 0 Å². The summed E-state index contributed by atoms with van der Waals surface area (Å²) in [6, 6.07) is 0. The molecule has 1 aliphatic heterocycles. The van der Waals surface area contributed by atoms with E-state index in [1.54, 1.807) is 18.7 Å². The van der Waals surface area contributed by atoms with Gasteiger partial charge in [-0.1, -0.05) is 12.2 Å². The van der Waals surface area contributed by atoms with E-state index in [9.17, 15) is 9.59 Å². The number of carbonyl (C=O) groups is 1. The maximum absolute atomic E-state index is 10.8. The molecule has 14 heavy (non-hydrogen) atoms. The lowest BCUT2D eigenvalue weighted by molar-refractivity contribution is -0.114. The molecule has 3 N–H and O–H groups in total. The van der Waals surface area contributed by atoms with Crippen molar-refractivity contribution in [3.8, 4) is 0 Å². The van der Waals surface area contributed by atoms with Crippen LogP contribution in [0.25, 0.3) is 0 Å². The number of primary amides is 1. The second-order valence-electron chi connectivity index (χ2n) is 2.87. The molecule has 1 radical (unpaired) electrons. The van der Waals surface area contributed by atoms with E-state index in [1.165, 1.54) is 0 Å². The van der Waals surface area contributed by atoms with Crippen molar-refractivity contribution in [3.63, 3.8) is 0 Å². The molecule has 0 atom stereocenters. The summed E-state index contributed by atoms with van der Waals surface area (Å²) in [4.78, 5) is 22.6. The average molecular weight is 194 g/mol. The molecule has 0 fully saturated rings. The molecule has 0 aromatic rings. The molecule has 0 aromatic carbocycles. The van der Waals surface area contributed by atoms with Gasteiger partial charge in [-0.05, 0) is 0 Å². The Morgan fingerprint density at radius 2 is 2.50 bits per heavy atom. The van der Waals surface area contributed by atoms with Crippen LogP contribution in [-0.4, -0.2) is 36.9 Å². The third-order valence-corrected chi connectivity index (χ3v) is 1.84. The number of rotatable bonds is 5. The molecule has 0 saturated carbocycles. The van der Waals surface area contributed by atoms with Gasteiger partial charge in [0.2, 0.25) is 5.91 Å².